The number of hydrogen-bond acceptors (Lipinski definition) is 4. The molecule has 3 saturated heterocycles. The first kappa shape index (κ1) is 13.8. The fourth-order valence-corrected chi connectivity index (χ4v) is 3.49. The lowest BCUT2D eigenvalue weighted by Crippen LogP contribution is -2.65. The Morgan fingerprint density at radius 2 is 1.25 bits per heavy atom. The smallest absolute Gasteiger partial charge is 0.221 e. The number of likely N-dealkylation sites (tertiary alicyclic amines) is 2. The Morgan fingerprint density at radius 3 is 1.60 bits per heavy atom. The maximum absolute atomic E-state index is 11.7. The molecular formula is C14H22N2O4. The molecule has 0 aromatic carbocycles. The summed E-state index contributed by atoms with van der Waals surface area (Å²) in [4.78, 5) is 26.9. The molecule has 0 bridgehead atoms. The summed E-state index contributed by atoms with van der Waals surface area (Å²) in [6.45, 7) is 4.60. The van der Waals surface area contributed by atoms with Crippen LogP contribution in [0.5, 0.6) is 0 Å². The number of ether oxygens (including phenoxy) is 2. The van der Waals surface area contributed by atoms with E-state index in [9.17, 15) is 9.59 Å². The van der Waals surface area contributed by atoms with Crippen LogP contribution >= 0.6 is 0 Å². The van der Waals surface area contributed by atoms with Crippen LogP contribution in [0.4, 0.5) is 0 Å². The van der Waals surface area contributed by atoms with Gasteiger partial charge in [-0.1, -0.05) is 0 Å². The van der Waals surface area contributed by atoms with Crippen LogP contribution in [0.1, 0.15) is 39.5 Å². The van der Waals surface area contributed by atoms with Crippen molar-refractivity contribution in [1.29, 1.82) is 0 Å². The van der Waals surface area contributed by atoms with E-state index >= 15 is 0 Å². The Balaban J connectivity index is 1.78. The first-order chi connectivity index (χ1) is 9.58. The maximum atomic E-state index is 11.7. The van der Waals surface area contributed by atoms with E-state index in [0.29, 0.717) is 0 Å². The van der Waals surface area contributed by atoms with E-state index < -0.39 is 0 Å². The number of hydrogen-bond donors (Lipinski definition) is 0. The number of amides is 2. The van der Waals surface area contributed by atoms with Crippen molar-refractivity contribution in [3.05, 3.63) is 0 Å². The number of piperidine rings is 2. The third kappa shape index (κ3) is 2.31. The zero-order chi connectivity index (χ0) is 14.3. The van der Waals surface area contributed by atoms with Gasteiger partial charge in [-0.05, 0) is 25.7 Å². The molecule has 2 amide bonds. The third-order valence-corrected chi connectivity index (χ3v) is 4.46. The summed E-state index contributed by atoms with van der Waals surface area (Å²) in [5.41, 5.74) is 0. The van der Waals surface area contributed by atoms with Gasteiger partial charge >= 0.3 is 0 Å². The fraction of sp³-hybridized carbons (Fsp3) is 0.857. The predicted molar refractivity (Wildman–Crippen MR) is 70.6 cm³/mol. The lowest BCUT2D eigenvalue weighted by molar-refractivity contribution is -0.302. The van der Waals surface area contributed by atoms with E-state index in [4.69, 9.17) is 9.47 Å². The summed E-state index contributed by atoms with van der Waals surface area (Å²) in [5.74, 6) is 0.0574. The van der Waals surface area contributed by atoms with Gasteiger partial charge < -0.3 is 19.3 Å². The van der Waals surface area contributed by atoms with E-state index in [1.54, 1.807) is 23.6 Å². The first-order valence-corrected chi connectivity index (χ1v) is 7.43. The molecule has 6 heteroatoms. The van der Waals surface area contributed by atoms with Gasteiger partial charge in [0, 0.05) is 26.9 Å². The maximum Gasteiger partial charge on any atom is 0.221 e. The van der Waals surface area contributed by atoms with Crippen LogP contribution < -0.4 is 0 Å². The molecule has 6 nitrogen and oxygen atoms in total. The molecule has 0 N–H and O–H groups in total. The molecule has 3 heterocycles. The number of carbonyl (C=O) groups is 2. The molecule has 0 radical (unpaired) electrons. The van der Waals surface area contributed by atoms with Crippen LogP contribution in [-0.2, 0) is 19.1 Å². The average Bonchev–Trinajstić information content (AvgIpc) is 2.43. The normalized spacial score (nSPS) is 37.1. The average molecular weight is 282 g/mol. The molecule has 0 saturated carbocycles. The van der Waals surface area contributed by atoms with Gasteiger partial charge in [-0.25, -0.2) is 0 Å². The van der Waals surface area contributed by atoms with Gasteiger partial charge in [-0.15, -0.1) is 0 Å². The predicted octanol–water partition coefficient (Wildman–Crippen LogP) is 0.707. The van der Waals surface area contributed by atoms with Crippen LogP contribution in [0.25, 0.3) is 0 Å². The van der Waals surface area contributed by atoms with Gasteiger partial charge in [0.2, 0.25) is 11.8 Å². The van der Waals surface area contributed by atoms with Crippen molar-refractivity contribution in [2.24, 2.45) is 0 Å². The van der Waals surface area contributed by atoms with Crippen LogP contribution in [0.2, 0.25) is 0 Å². The molecular weight excluding hydrogens is 260 g/mol. The Bertz CT molecular complexity index is 376. The lowest BCUT2D eigenvalue weighted by atomic mass is 10.00. The summed E-state index contributed by atoms with van der Waals surface area (Å²) in [5, 5.41) is 0. The molecule has 0 aromatic heterocycles. The Kier molecular flexibility index (Phi) is 3.69. The van der Waals surface area contributed by atoms with Gasteiger partial charge in [0.25, 0.3) is 0 Å². The summed E-state index contributed by atoms with van der Waals surface area (Å²) in [6.07, 6.45) is 2.79. The number of fused-ring (bicyclic) bond motifs is 2. The third-order valence-electron chi connectivity index (χ3n) is 4.46. The second kappa shape index (κ2) is 5.33. The van der Waals surface area contributed by atoms with Gasteiger partial charge in [-0.3, -0.25) is 9.59 Å². The zero-order valence-corrected chi connectivity index (χ0v) is 12.1. The molecule has 0 aromatic rings. The molecule has 112 valence electrons. The molecule has 3 aliphatic rings. The van der Waals surface area contributed by atoms with Gasteiger partial charge in [0.05, 0.1) is 0 Å². The number of nitrogens with zero attached hydrogens (tertiary/aromatic N) is 2. The summed E-state index contributed by atoms with van der Waals surface area (Å²) >= 11 is 0. The Labute approximate surface area is 119 Å². The summed E-state index contributed by atoms with van der Waals surface area (Å²) < 4.78 is 12.3. The minimum atomic E-state index is -0.283. The molecule has 3 rings (SSSR count). The molecule has 3 aliphatic heterocycles. The van der Waals surface area contributed by atoms with Crippen molar-refractivity contribution in [2.45, 2.75) is 64.2 Å². The second-order valence-electron chi connectivity index (χ2n) is 5.84. The minimum Gasteiger partial charge on any atom is -0.348 e. The van der Waals surface area contributed by atoms with Gasteiger partial charge in [0.15, 0.2) is 12.5 Å². The highest BCUT2D eigenvalue weighted by Gasteiger charge is 2.47. The zero-order valence-electron chi connectivity index (χ0n) is 12.1. The highest BCUT2D eigenvalue weighted by molar-refractivity contribution is 5.74. The van der Waals surface area contributed by atoms with Crippen molar-refractivity contribution < 1.29 is 19.1 Å². The van der Waals surface area contributed by atoms with Crippen LogP contribution in [-0.4, -0.2) is 59.4 Å². The van der Waals surface area contributed by atoms with Crippen molar-refractivity contribution >= 4 is 11.8 Å². The van der Waals surface area contributed by atoms with E-state index in [0.717, 1.165) is 38.8 Å². The largest absolute Gasteiger partial charge is 0.348 e. The molecule has 20 heavy (non-hydrogen) atoms. The number of rotatable bonds is 0. The molecule has 4 atom stereocenters. The van der Waals surface area contributed by atoms with Crippen molar-refractivity contribution in [3.63, 3.8) is 0 Å². The van der Waals surface area contributed by atoms with Crippen molar-refractivity contribution in [2.75, 3.05) is 13.1 Å². The first-order valence-electron chi connectivity index (χ1n) is 7.43. The van der Waals surface area contributed by atoms with E-state index in [1.807, 2.05) is 0 Å². The second-order valence-corrected chi connectivity index (χ2v) is 5.84. The topological polar surface area (TPSA) is 59.1 Å². The lowest BCUT2D eigenvalue weighted by Gasteiger charge is -2.52. The minimum absolute atomic E-state index is 0.0287. The van der Waals surface area contributed by atoms with E-state index in [2.05, 4.69) is 0 Å². The summed E-state index contributed by atoms with van der Waals surface area (Å²) in [7, 11) is 0. The van der Waals surface area contributed by atoms with Crippen LogP contribution in [0, 0.1) is 0 Å². The fourth-order valence-electron chi connectivity index (χ4n) is 3.49. The summed E-state index contributed by atoms with van der Waals surface area (Å²) in [6, 6.07) is 0. The Hall–Kier alpha value is -1.14. The highest BCUT2D eigenvalue weighted by atomic mass is 16.6. The van der Waals surface area contributed by atoms with Gasteiger partial charge in [-0.2, -0.15) is 0 Å². The van der Waals surface area contributed by atoms with Crippen molar-refractivity contribution in [3.8, 4) is 0 Å². The standard InChI is InChI=1S/C14H22N2O4/c1-9(17)15-7-3-5-11-13(15)19-12-6-4-8-16(10(2)18)14(12)20-11/h11-14H,3-8H2,1-2H3. The monoisotopic (exact) mass is 282 g/mol. The molecule has 0 aliphatic carbocycles. The molecule has 4 unspecified atom stereocenters. The Morgan fingerprint density at radius 1 is 0.850 bits per heavy atom. The van der Waals surface area contributed by atoms with Crippen LogP contribution in [0.3, 0.4) is 0 Å². The van der Waals surface area contributed by atoms with Crippen LogP contribution in [0.15, 0.2) is 0 Å². The molecule has 3 fully saturated rings. The SMILES string of the molecule is CC(=O)N1CCCC2OC3C(CCCN3C(C)=O)OC21. The number of carbonyl (C=O) groups excluding carboxylic acids is 2. The molecule has 0 spiro atoms. The van der Waals surface area contributed by atoms with E-state index in [-0.39, 0.29) is 36.5 Å². The van der Waals surface area contributed by atoms with E-state index in [1.165, 1.54) is 0 Å². The van der Waals surface area contributed by atoms with Crippen molar-refractivity contribution in [1.82, 2.24) is 9.80 Å². The quantitative estimate of drug-likeness (QED) is 0.656. The van der Waals surface area contributed by atoms with Gasteiger partial charge in [0.1, 0.15) is 12.2 Å². The highest BCUT2D eigenvalue weighted by Crippen LogP contribution is 2.34.